The lowest BCUT2D eigenvalue weighted by atomic mass is 10.2. The van der Waals surface area contributed by atoms with Crippen LogP contribution in [0.4, 0.5) is 8.78 Å². The van der Waals surface area contributed by atoms with E-state index in [0.29, 0.717) is 12.1 Å². The van der Waals surface area contributed by atoms with E-state index in [2.05, 4.69) is 10.1 Å². The van der Waals surface area contributed by atoms with Crippen molar-refractivity contribution in [2.45, 2.75) is 20.0 Å². The molecule has 0 atom stereocenters. The summed E-state index contributed by atoms with van der Waals surface area (Å²) in [7, 11) is 0. The van der Waals surface area contributed by atoms with E-state index in [0.717, 1.165) is 6.42 Å². The number of carbonyl (C=O) groups is 1. The summed E-state index contributed by atoms with van der Waals surface area (Å²) in [5.41, 5.74) is 0.426. The molecule has 1 rings (SSSR count). The average Bonchev–Trinajstić information content (AvgIpc) is 2.26. The van der Waals surface area contributed by atoms with Crippen LogP contribution >= 0.6 is 0 Å². The lowest BCUT2D eigenvalue weighted by Crippen LogP contribution is -2.23. The molecule has 3 nitrogen and oxygen atoms in total. The molecule has 0 aliphatic heterocycles. The van der Waals surface area contributed by atoms with Crippen LogP contribution in [0.15, 0.2) is 24.3 Å². The summed E-state index contributed by atoms with van der Waals surface area (Å²) in [6.45, 7) is -0.312. The van der Waals surface area contributed by atoms with Gasteiger partial charge in [-0.3, -0.25) is 4.79 Å². The third-order valence-corrected chi connectivity index (χ3v) is 1.88. The van der Waals surface area contributed by atoms with Gasteiger partial charge in [0.05, 0.1) is 0 Å². The van der Waals surface area contributed by atoms with Crippen LogP contribution in [0.1, 0.15) is 23.7 Å². The summed E-state index contributed by atoms with van der Waals surface area (Å²) >= 11 is 0. The fourth-order valence-corrected chi connectivity index (χ4v) is 1.13. The van der Waals surface area contributed by atoms with Crippen LogP contribution in [0.2, 0.25) is 0 Å². The van der Waals surface area contributed by atoms with E-state index < -0.39 is 6.61 Å². The van der Waals surface area contributed by atoms with Crippen molar-refractivity contribution in [3.05, 3.63) is 29.8 Å². The number of hydrogen-bond acceptors (Lipinski definition) is 2. The van der Waals surface area contributed by atoms with Gasteiger partial charge < -0.3 is 10.1 Å². The highest BCUT2D eigenvalue weighted by Crippen LogP contribution is 2.14. The summed E-state index contributed by atoms with van der Waals surface area (Å²) in [5, 5.41) is 2.68. The van der Waals surface area contributed by atoms with Gasteiger partial charge in [-0.1, -0.05) is 6.92 Å². The number of alkyl halides is 2. The molecule has 0 aromatic heterocycles. The van der Waals surface area contributed by atoms with Crippen LogP contribution in [0.5, 0.6) is 5.75 Å². The second kappa shape index (κ2) is 6.05. The number of halogens is 2. The second-order valence-electron chi connectivity index (χ2n) is 3.16. The van der Waals surface area contributed by atoms with Crippen molar-refractivity contribution in [1.82, 2.24) is 5.32 Å². The fourth-order valence-electron chi connectivity index (χ4n) is 1.13. The Morgan fingerprint density at radius 2 is 2.00 bits per heavy atom. The third-order valence-electron chi connectivity index (χ3n) is 1.88. The van der Waals surface area contributed by atoms with Crippen molar-refractivity contribution in [3.8, 4) is 5.75 Å². The SMILES string of the molecule is CCCNC(=O)c1ccc(OC(F)F)cc1. The van der Waals surface area contributed by atoms with E-state index in [4.69, 9.17) is 0 Å². The van der Waals surface area contributed by atoms with Gasteiger partial charge in [-0.15, -0.1) is 0 Å². The number of hydrogen-bond donors (Lipinski definition) is 1. The third kappa shape index (κ3) is 3.84. The van der Waals surface area contributed by atoms with Crippen molar-refractivity contribution in [2.24, 2.45) is 0 Å². The van der Waals surface area contributed by atoms with Gasteiger partial charge in [0, 0.05) is 12.1 Å². The summed E-state index contributed by atoms with van der Waals surface area (Å²) in [6, 6.07) is 5.57. The lowest BCUT2D eigenvalue weighted by molar-refractivity contribution is -0.0498. The molecular formula is C11H13F2NO2. The molecule has 5 heteroatoms. The molecule has 0 aliphatic carbocycles. The van der Waals surface area contributed by atoms with Gasteiger partial charge in [0.25, 0.3) is 5.91 Å². The predicted octanol–water partition coefficient (Wildman–Crippen LogP) is 2.43. The number of ether oxygens (including phenoxy) is 1. The molecule has 0 aliphatic rings. The quantitative estimate of drug-likeness (QED) is 0.842. The number of nitrogens with one attached hydrogen (secondary N) is 1. The monoisotopic (exact) mass is 229 g/mol. The molecule has 88 valence electrons. The smallest absolute Gasteiger partial charge is 0.387 e. The maximum Gasteiger partial charge on any atom is 0.387 e. The second-order valence-corrected chi connectivity index (χ2v) is 3.16. The van der Waals surface area contributed by atoms with E-state index in [9.17, 15) is 13.6 Å². The van der Waals surface area contributed by atoms with E-state index in [1.807, 2.05) is 6.92 Å². The molecule has 0 saturated carbocycles. The highest BCUT2D eigenvalue weighted by atomic mass is 19.3. The van der Waals surface area contributed by atoms with Crippen molar-refractivity contribution >= 4 is 5.91 Å². The van der Waals surface area contributed by atoms with Crippen LogP contribution in [0.3, 0.4) is 0 Å². The van der Waals surface area contributed by atoms with E-state index >= 15 is 0 Å². The molecule has 0 bridgehead atoms. The number of benzene rings is 1. The maximum atomic E-state index is 11.8. The number of carbonyl (C=O) groups excluding carboxylic acids is 1. The first-order chi connectivity index (χ1) is 7.63. The van der Waals surface area contributed by atoms with Crippen LogP contribution in [0, 0.1) is 0 Å². The van der Waals surface area contributed by atoms with E-state index in [1.165, 1.54) is 24.3 Å². The average molecular weight is 229 g/mol. The van der Waals surface area contributed by atoms with Crippen LogP contribution in [-0.4, -0.2) is 19.1 Å². The standard InChI is InChI=1S/C11H13F2NO2/c1-2-7-14-10(15)8-3-5-9(6-4-8)16-11(12)13/h3-6,11H,2,7H2,1H3,(H,14,15). The first-order valence-electron chi connectivity index (χ1n) is 4.96. The molecule has 0 saturated heterocycles. The Hall–Kier alpha value is -1.65. The van der Waals surface area contributed by atoms with Gasteiger partial charge >= 0.3 is 6.61 Å². The first-order valence-corrected chi connectivity index (χ1v) is 4.96. The van der Waals surface area contributed by atoms with Gasteiger partial charge in [-0.2, -0.15) is 8.78 Å². The first kappa shape index (κ1) is 12.4. The molecule has 0 unspecified atom stereocenters. The molecule has 1 amide bonds. The Balaban J connectivity index is 2.60. The van der Waals surface area contributed by atoms with Crippen LogP contribution in [0.25, 0.3) is 0 Å². The van der Waals surface area contributed by atoms with Gasteiger partial charge in [-0.05, 0) is 30.7 Å². The fraction of sp³-hybridized carbons (Fsp3) is 0.364. The molecule has 0 radical (unpaired) electrons. The molecule has 1 aromatic rings. The molecule has 0 spiro atoms. The Bertz CT molecular complexity index is 338. The normalized spacial score (nSPS) is 10.2. The Labute approximate surface area is 92.4 Å². The molecule has 1 aromatic carbocycles. The van der Waals surface area contributed by atoms with Crippen molar-refractivity contribution in [2.75, 3.05) is 6.54 Å². The van der Waals surface area contributed by atoms with Crippen LogP contribution < -0.4 is 10.1 Å². The zero-order valence-electron chi connectivity index (χ0n) is 8.87. The minimum absolute atomic E-state index is 0.0436. The van der Waals surface area contributed by atoms with Crippen LogP contribution in [-0.2, 0) is 0 Å². The largest absolute Gasteiger partial charge is 0.435 e. The summed E-state index contributed by atoms with van der Waals surface area (Å²) < 4.78 is 27.9. The zero-order valence-corrected chi connectivity index (χ0v) is 8.87. The summed E-state index contributed by atoms with van der Waals surface area (Å²) in [4.78, 5) is 11.4. The van der Waals surface area contributed by atoms with E-state index in [-0.39, 0.29) is 11.7 Å². The molecular weight excluding hydrogens is 216 g/mol. The van der Waals surface area contributed by atoms with Crippen molar-refractivity contribution in [3.63, 3.8) is 0 Å². The molecule has 0 heterocycles. The van der Waals surface area contributed by atoms with Crippen molar-refractivity contribution in [1.29, 1.82) is 0 Å². The van der Waals surface area contributed by atoms with Gasteiger partial charge in [-0.25, -0.2) is 0 Å². The topological polar surface area (TPSA) is 38.3 Å². The highest BCUT2D eigenvalue weighted by molar-refractivity contribution is 5.94. The Morgan fingerprint density at radius 3 is 2.50 bits per heavy atom. The Kier molecular flexibility index (Phi) is 4.69. The van der Waals surface area contributed by atoms with E-state index in [1.54, 1.807) is 0 Å². The maximum absolute atomic E-state index is 11.8. The number of rotatable bonds is 5. The summed E-state index contributed by atoms with van der Waals surface area (Å²) in [6.07, 6.45) is 0.846. The summed E-state index contributed by atoms with van der Waals surface area (Å²) in [5.74, 6) is -0.174. The Morgan fingerprint density at radius 1 is 1.38 bits per heavy atom. The minimum Gasteiger partial charge on any atom is -0.435 e. The van der Waals surface area contributed by atoms with Gasteiger partial charge in [0.2, 0.25) is 0 Å². The molecule has 16 heavy (non-hydrogen) atoms. The van der Waals surface area contributed by atoms with Crippen molar-refractivity contribution < 1.29 is 18.3 Å². The predicted molar refractivity (Wildman–Crippen MR) is 55.7 cm³/mol. The molecule has 1 N–H and O–H groups in total. The number of amides is 1. The molecule has 0 fully saturated rings. The lowest BCUT2D eigenvalue weighted by Gasteiger charge is -2.06. The minimum atomic E-state index is -2.85. The van der Waals surface area contributed by atoms with Gasteiger partial charge in [0.15, 0.2) is 0 Å². The highest BCUT2D eigenvalue weighted by Gasteiger charge is 2.06. The zero-order chi connectivity index (χ0) is 12.0. The van der Waals surface area contributed by atoms with Gasteiger partial charge in [0.1, 0.15) is 5.75 Å².